The Kier molecular flexibility index (Phi) is 4.86. The van der Waals surface area contributed by atoms with Crippen LogP contribution in [-0.4, -0.2) is 37.8 Å². The van der Waals surface area contributed by atoms with Gasteiger partial charge in [-0.3, -0.25) is 0 Å². The number of quaternary nitrogens is 1. The quantitative estimate of drug-likeness (QED) is 0.286. The normalized spacial score (nSPS) is 25.5. The van der Waals surface area contributed by atoms with Crippen molar-refractivity contribution in [3.8, 4) is 12.3 Å². The first-order valence-electron chi connectivity index (χ1n) is 7.19. The molecule has 0 fully saturated rings. The number of fused-ring (bicyclic) bond motifs is 1. The van der Waals surface area contributed by atoms with Crippen molar-refractivity contribution >= 4 is 11.4 Å². The van der Waals surface area contributed by atoms with Gasteiger partial charge in [0.2, 0.25) is 0 Å². The van der Waals surface area contributed by atoms with Crippen LogP contribution in [0.1, 0.15) is 19.8 Å². The van der Waals surface area contributed by atoms with Gasteiger partial charge in [0, 0.05) is 18.9 Å². The maximum atomic E-state index is 12.9. The Morgan fingerprint density at radius 2 is 2.24 bits per heavy atom. The molecule has 3 unspecified atom stereocenters. The van der Waals surface area contributed by atoms with E-state index in [0.29, 0.717) is 19.4 Å². The maximum absolute atomic E-state index is 12.9. The Balaban J connectivity index is 2.16. The molecule has 5 nitrogen and oxygen atoms in total. The Morgan fingerprint density at radius 1 is 1.52 bits per heavy atom. The standard InChI is InChI=1S/C16H22N2O3/c1-4-6-11-21-16(19)12-17-13-9-7-8-10-14(13)18(3,20)15(17)5-2/h1,7-10,15-16,19H,5-6,11-12H2,2-3H3. The first-order chi connectivity index (χ1) is 10.0. The fraction of sp³-hybridized carbons (Fsp3) is 0.500. The number of para-hydroxylation sites is 2. The lowest BCUT2D eigenvalue weighted by atomic mass is 10.2. The predicted molar refractivity (Wildman–Crippen MR) is 84.4 cm³/mol. The Morgan fingerprint density at radius 3 is 2.90 bits per heavy atom. The van der Waals surface area contributed by atoms with Gasteiger partial charge in [0.15, 0.2) is 18.1 Å². The number of β-amino-alcohol motifs (C(OH)–C–C–N with tert-alkyl or cyclic N) is 1. The molecule has 0 amide bonds. The molecule has 0 aliphatic carbocycles. The van der Waals surface area contributed by atoms with E-state index in [2.05, 4.69) is 5.92 Å². The summed E-state index contributed by atoms with van der Waals surface area (Å²) < 4.78 is 4.83. The van der Waals surface area contributed by atoms with Crippen molar-refractivity contribution < 1.29 is 9.84 Å². The molecular weight excluding hydrogens is 268 g/mol. The summed E-state index contributed by atoms with van der Waals surface area (Å²) in [4.78, 5) is 1.93. The molecule has 21 heavy (non-hydrogen) atoms. The second kappa shape index (κ2) is 6.46. The molecule has 1 aromatic carbocycles. The molecule has 1 N–H and O–H groups in total. The van der Waals surface area contributed by atoms with Crippen molar-refractivity contribution in [3.05, 3.63) is 29.5 Å². The number of anilines is 1. The number of ether oxygens (including phenoxy) is 1. The van der Waals surface area contributed by atoms with Crippen LogP contribution in [0.15, 0.2) is 24.3 Å². The van der Waals surface area contributed by atoms with Crippen molar-refractivity contribution in [3.63, 3.8) is 0 Å². The average Bonchev–Trinajstić information content (AvgIpc) is 2.67. The summed E-state index contributed by atoms with van der Waals surface area (Å²) in [7, 11) is 1.65. The second-order valence-corrected chi connectivity index (χ2v) is 5.30. The monoisotopic (exact) mass is 290 g/mol. The predicted octanol–water partition coefficient (Wildman–Crippen LogP) is 2.04. The molecule has 0 saturated heterocycles. The van der Waals surface area contributed by atoms with Gasteiger partial charge in [-0.1, -0.05) is 19.1 Å². The fourth-order valence-corrected chi connectivity index (χ4v) is 2.93. The molecule has 0 radical (unpaired) electrons. The summed E-state index contributed by atoms with van der Waals surface area (Å²) in [5.74, 6) is 2.46. The molecule has 1 aromatic rings. The molecule has 114 valence electrons. The van der Waals surface area contributed by atoms with Gasteiger partial charge in [-0.15, -0.1) is 12.3 Å². The highest BCUT2D eigenvalue weighted by Crippen LogP contribution is 2.44. The average molecular weight is 290 g/mol. The first-order valence-corrected chi connectivity index (χ1v) is 7.19. The van der Waals surface area contributed by atoms with Gasteiger partial charge in [-0.05, 0) is 6.07 Å². The van der Waals surface area contributed by atoms with E-state index in [4.69, 9.17) is 11.2 Å². The van der Waals surface area contributed by atoms with Crippen LogP contribution in [0.2, 0.25) is 0 Å². The fourth-order valence-electron chi connectivity index (χ4n) is 2.93. The molecule has 0 saturated carbocycles. The van der Waals surface area contributed by atoms with E-state index < -0.39 is 10.9 Å². The van der Waals surface area contributed by atoms with Crippen LogP contribution in [-0.2, 0) is 4.74 Å². The van der Waals surface area contributed by atoms with Crippen LogP contribution in [0.4, 0.5) is 11.4 Å². The third kappa shape index (κ3) is 3.04. The van der Waals surface area contributed by atoms with Crippen LogP contribution in [0, 0.1) is 17.6 Å². The molecule has 1 aliphatic rings. The van der Waals surface area contributed by atoms with Crippen molar-refractivity contribution in [2.24, 2.45) is 0 Å². The molecule has 0 spiro atoms. The summed E-state index contributed by atoms with van der Waals surface area (Å²) in [6.07, 6.45) is 5.08. The first kappa shape index (κ1) is 15.8. The summed E-state index contributed by atoms with van der Waals surface area (Å²) in [6.45, 7) is 2.55. The van der Waals surface area contributed by atoms with Crippen LogP contribution in [0.25, 0.3) is 0 Å². The molecular formula is C16H22N2O3. The van der Waals surface area contributed by atoms with E-state index in [1.807, 2.05) is 36.1 Å². The Bertz CT molecular complexity index is 524. The van der Waals surface area contributed by atoms with E-state index in [0.717, 1.165) is 11.4 Å². The lowest BCUT2D eigenvalue weighted by molar-refractivity contribution is -0.0914. The number of aliphatic hydroxyl groups is 1. The summed E-state index contributed by atoms with van der Waals surface area (Å²) in [6, 6.07) is 7.52. The van der Waals surface area contributed by atoms with Crippen molar-refractivity contribution in [1.82, 2.24) is 4.65 Å². The summed E-state index contributed by atoms with van der Waals surface area (Å²) in [5.41, 5.74) is 1.58. The number of nitrogens with zero attached hydrogens (tertiary/aromatic N) is 2. The van der Waals surface area contributed by atoms with Gasteiger partial charge < -0.3 is 24.6 Å². The number of aliphatic hydroxyl groups excluding tert-OH is 1. The van der Waals surface area contributed by atoms with Gasteiger partial charge in [-0.25, -0.2) is 0 Å². The third-order valence-corrected chi connectivity index (χ3v) is 3.87. The summed E-state index contributed by atoms with van der Waals surface area (Å²) >= 11 is 0. The zero-order valence-corrected chi connectivity index (χ0v) is 12.5. The van der Waals surface area contributed by atoms with Crippen LogP contribution >= 0.6 is 0 Å². The van der Waals surface area contributed by atoms with Crippen LogP contribution in [0.5, 0.6) is 0 Å². The highest BCUT2D eigenvalue weighted by molar-refractivity contribution is 5.75. The van der Waals surface area contributed by atoms with E-state index >= 15 is 0 Å². The highest BCUT2D eigenvalue weighted by atomic mass is 16.6. The highest BCUT2D eigenvalue weighted by Gasteiger charge is 2.42. The molecule has 1 aliphatic heterocycles. The third-order valence-electron chi connectivity index (χ3n) is 3.87. The number of hydroxylamine groups is 2. The molecule has 0 bridgehead atoms. The Hall–Kier alpha value is -1.58. The molecule has 0 aromatic heterocycles. The van der Waals surface area contributed by atoms with E-state index in [1.54, 1.807) is 7.05 Å². The second-order valence-electron chi connectivity index (χ2n) is 5.30. The summed E-state index contributed by atoms with van der Waals surface area (Å²) in [5, 5.41) is 22.9. The zero-order valence-electron chi connectivity index (χ0n) is 12.5. The molecule has 5 heteroatoms. The number of rotatable bonds is 6. The van der Waals surface area contributed by atoms with Crippen molar-refractivity contribution in [2.75, 3.05) is 25.1 Å². The minimum Gasteiger partial charge on any atom is -0.626 e. The maximum Gasteiger partial charge on any atom is 0.172 e. The minimum atomic E-state index is -0.960. The Labute approximate surface area is 125 Å². The number of terminal acetylenes is 1. The lowest BCUT2D eigenvalue weighted by Gasteiger charge is -2.41. The van der Waals surface area contributed by atoms with Crippen LogP contribution in [0.3, 0.4) is 0 Å². The molecule has 3 atom stereocenters. The lowest BCUT2D eigenvalue weighted by Crippen LogP contribution is -2.53. The van der Waals surface area contributed by atoms with Gasteiger partial charge in [0.05, 0.1) is 20.2 Å². The molecule has 2 rings (SSSR count). The van der Waals surface area contributed by atoms with Gasteiger partial charge in [0.25, 0.3) is 0 Å². The van der Waals surface area contributed by atoms with Crippen LogP contribution < -0.4 is 9.55 Å². The van der Waals surface area contributed by atoms with Gasteiger partial charge >= 0.3 is 0 Å². The molecule has 1 heterocycles. The van der Waals surface area contributed by atoms with Gasteiger partial charge in [-0.2, -0.15) is 0 Å². The largest absolute Gasteiger partial charge is 0.626 e. The zero-order chi connectivity index (χ0) is 15.5. The SMILES string of the molecule is C#CCCOC(O)CN1c2ccccc2[N+](C)([O-])C1CC. The van der Waals surface area contributed by atoms with Crippen molar-refractivity contribution in [2.45, 2.75) is 32.2 Å². The topological polar surface area (TPSA) is 55.8 Å². The minimum absolute atomic E-state index is 0.256. The van der Waals surface area contributed by atoms with Gasteiger partial charge in [0.1, 0.15) is 5.69 Å². The number of hydrogen-bond acceptors (Lipinski definition) is 4. The van der Waals surface area contributed by atoms with Crippen molar-refractivity contribution in [1.29, 1.82) is 0 Å². The van der Waals surface area contributed by atoms with E-state index in [9.17, 15) is 10.3 Å². The van der Waals surface area contributed by atoms with E-state index in [-0.39, 0.29) is 12.7 Å². The number of benzene rings is 1. The smallest absolute Gasteiger partial charge is 0.172 e. The number of hydrogen-bond donors (Lipinski definition) is 1. The van der Waals surface area contributed by atoms with E-state index in [1.165, 1.54) is 0 Å².